The minimum absolute atomic E-state index is 0.155. The molecule has 6 nitrogen and oxygen atoms in total. The van der Waals surface area contributed by atoms with Crippen LogP contribution in [-0.4, -0.2) is 59.8 Å². The molecule has 1 atom stereocenters. The number of hydrogen-bond acceptors (Lipinski definition) is 5. The van der Waals surface area contributed by atoms with Crippen LogP contribution < -0.4 is 5.32 Å². The molecule has 1 saturated heterocycles. The van der Waals surface area contributed by atoms with Crippen LogP contribution in [0.5, 0.6) is 0 Å². The van der Waals surface area contributed by atoms with Crippen molar-refractivity contribution in [2.45, 2.75) is 26.8 Å². The summed E-state index contributed by atoms with van der Waals surface area (Å²) in [5.41, 5.74) is 2.27. The first-order valence-electron chi connectivity index (χ1n) is 7.25. The van der Waals surface area contributed by atoms with Crippen LogP contribution in [0.3, 0.4) is 0 Å². The van der Waals surface area contributed by atoms with E-state index >= 15 is 0 Å². The van der Waals surface area contributed by atoms with Crippen molar-refractivity contribution in [1.29, 1.82) is 0 Å². The molecule has 0 spiro atoms. The number of aryl methyl sites for hydroxylation is 2. The fourth-order valence-corrected chi connectivity index (χ4v) is 2.69. The lowest BCUT2D eigenvalue weighted by molar-refractivity contribution is 0.0368. The van der Waals surface area contributed by atoms with Crippen molar-refractivity contribution in [2.24, 2.45) is 0 Å². The van der Waals surface area contributed by atoms with E-state index in [1.807, 2.05) is 6.92 Å². The average Bonchev–Trinajstić information content (AvgIpc) is 2.38. The maximum Gasteiger partial charge on any atom is 0.339 e. The number of ether oxygens (including phenoxy) is 1. The second kappa shape index (κ2) is 6.87. The Balaban J connectivity index is 2.08. The Kier molecular flexibility index (Phi) is 5.14. The van der Waals surface area contributed by atoms with Crippen molar-refractivity contribution in [1.82, 2.24) is 9.88 Å². The highest BCUT2D eigenvalue weighted by Gasteiger charge is 2.18. The highest BCUT2D eigenvalue weighted by Crippen LogP contribution is 2.21. The first kappa shape index (κ1) is 15.7. The van der Waals surface area contributed by atoms with Gasteiger partial charge in [0.05, 0.1) is 24.6 Å². The van der Waals surface area contributed by atoms with Gasteiger partial charge in [0.2, 0.25) is 0 Å². The van der Waals surface area contributed by atoms with E-state index in [4.69, 9.17) is 4.74 Å². The van der Waals surface area contributed by atoms with Gasteiger partial charge in [-0.1, -0.05) is 0 Å². The molecule has 0 radical (unpaired) electrons. The summed E-state index contributed by atoms with van der Waals surface area (Å²) in [6, 6.07) is 1.95. The van der Waals surface area contributed by atoms with Crippen molar-refractivity contribution in [3.8, 4) is 0 Å². The minimum Gasteiger partial charge on any atom is -0.478 e. The van der Waals surface area contributed by atoms with Gasteiger partial charge in [0.25, 0.3) is 0 Å². The lowest BCUT2D eigenvalue weighted by Crippen LogP contribution is -2.42. The molecule has 0 aromatic carbocycles. The van der Waals surface area contributed by atoms with E-state index in [2.05, 4.69) is 22.1 Å². The highest BCUT2D eigenvalue weighted by molar-refractivity contribution is 5.95. The standard InChI is InChI=1S/C15H23N3O3/c1-10-8-13(14(15(19)20)12(3)16-10)17-11(2)9-18-4-6-21-7-5-18/h8,11H,4-7,9H2,1-3H3,(H,16,17)(H,19,20). The molecule has 1 aromatic rings. The molecule has 0 saturated carbocycles. The highest BCUT2D eigenvalue weighted by atomic mass is 16.5. The molecular weight excluding hydrogens is 270 g/mol. The van der Waals surface area contributed by atoms with Crippen LogP contribution in [0.4, 0.5) is 5.69 Å². The SMILES string of the molecule is Cc1cc(NC(C)CN2CCOCC2)c(C(=O)O)c(C)n1. The van der Waals surface area contributed by atoms with E-state index in [9.17, 15) is 9.90 Å². The van der Waals surface area contributed by atoms with Gasteiger partial charge in [-0.2, -0.15) is 0 Å². The van der Waals surface area contributed by atoms with Crippen molar-refractivity contribution < 1.29 is 14.6 Å². The summed E-state index contributed by atoms with van der Waals surface area (Å²) >= 11 is 0. The van der Waals surface area contributed by atoms with Crippen LogP contribution in [0.25, 0.3) is 0 Å². The van der Waals surface area contributed by atoms with Crippen LogP contribution in [0.15, 0.2) is 6.07 Å². The Morgan fingerprint density at radius 3 is 2.76 bits per heavy atom. The first-order valence-corrected chi connectivity index (χ1v) is 7.25. The minimum atomic E-state index is -0.943. The van der Waals surface area contributed by atoms with E-state index in [1.165, 1.54) is 0 Å². The quantitative estimate of drug-likeness (QED) is 0.857. The number of aromatic nitrogens is 1. The van der Waals surface area contributed by atoms with Gasteiger partial charge < -0.3 is 15.2 Å². The van der Waals surface area contributed by atoms with E-state index in [-0.39, 0.29) is 11.6 Å². The summed E-state index contributed by atoms with van der Waals surface area (Å²) < 4.78 is 5.33. The molecule has 116 valence electrons. The zero-order chi connectivity index (χ0) is 15.4. The predicted octanol–water partition coefficient (Wildman–Crippen LogP) is 1.53. The number of nitrogens with zero attached hydrogens (tertiary/aromatic N) is 2. The molecule has 1 aromatic heterocycles. The number of nitrogens with one attached hydrogen (secondary N) is 1. The number of carboxylic acid groups (broad SMARTS) is 1. The molecule has 2 rings (SSSR count). The van der Waals surface area contributed by atoms with Crippen molar-refractivity contribution in [3.63, 3.8) is 0 Å². The molecule has 1 fully saturated rings. The third-order valence-electron chi connectivity index (χ3n) is 3.58. The lowest BCUT2D eigenvalue weighted by Gasteiger charge is -2.30. The third kappa shape index (κ3) is 4.15. The molecule has 21 heavy (non-hydrogen) atoms. The molecule has 2 heterocycles. The second-order valence-electron chi connectivity index (χ2n) is 5.54. The zero-order valence-corrected chi connectivity index (χ0v) is 12.8. The number of pyridine rings is 1. The first-order chi connectivity index (χ1) is 9.97. The average molecular weight is 293 g/mol. The summed E-state index contributed by atoms with van der Waals surface area (Å²) in [4.78, 5) is 18.0. The summed E-state index contributed by atoms with van der Waals surface area (Å²) in [6.07, 6.45) is 0. The van der Waals surface area contributed by atoms with Gasteiger partial charge in [0.15, 0.2) is 0 Å². The van der Waals surface area contributed by atoms with E-state index in [0.29, 0.717) is 11.4 Å². The van der Waals surface area contributed by atoms with Gasteiger partial charge >= 0.3 is 5.97 Å². The largest absolute Gasteiger partial charge is 0.478 e. The molecule has 1 aliphatic rings. The Morgan fingerprint density at radius 2 is 2.14 bits per heavy atom. The van der Waals surface area contributed by atoms with E-state index in [0.717, 1.165) is 38.5 Å². The van der Waals surface area contributed by atoms with E-state index in [1.54, 1.807) is 13.0 Å². The Labute approximate surface area is 125 Å². The fourth-order valence-electron chi connectivity index (χ4n) is 2.69. The Bertz CT molecular complexity index is 513. The number of rotatable bonds is 5. The van der Waals surface area contributed by atoms with Gasteiger partial charge in [-0.25, -0.2) is 4.79 Å². The van der Waals surface area contributed by atoms with Gasteiger partial charge in [0, 0.05) is 31.4 Å². The van der Waals surface area contributed by atoms with Gasteiger partial charge in [-0.15, -0.1) is 0 Å². The second-order valence-corrected chi connectivity index (χ2v) is 5.54. The molecule has 6 heteroatoms. The number of anilines is 1. The van der Waals surface area contributed by atoms with Crippen LogP contribution in [0.2, 0.25) is 0 Å². The number of carbonyl (C=O) groups is 1. The monoisotopic (exact) mass is 293 g/mol. The molecule has 2 N–H and O–H groups in total. The number of aromatic carboxylic acids is 1. The fraction of sp³-hybridized carbons (Fsp3) is 0.600. The lowest BCUT2D eigenvalue weighted by atomic mass is 10.1. The predicted molar refractivity (Wildman–Crippen MR) is 81.0 cm³/mol. The molecule has 0 aliphatic carbocycles. The van der Waals surface area contributed by atoms with Crippen LogP contribution in [-0.2, 0) is 4.74 Å². The summed E-state index contributed by atoms with van der Waals surface area (Å²) in [5.74, 6) is -0.943. The zero-order valence-electron chi connectivity index (χ0n) is 12.8. The maximum absolute atomic E-state index is 11.4. The Hall–Kier alpha value is -1.66. The summed E-state index contributed by atoms with van der Waals surface area (Å²) in [5, 5.41) is 12.7. The van der Waals surface area contributed by atoms with Gasteiger partial charge in [0.1, 0.15) is 5.56 Å². The molecular formula is C15H23N3O3. The van der Waals surface area contributed by atoms with Crippen molar-refractivity contribution in [3.05, 3.63) is 23.0 Å². The van der Waals surface area contributed by atoms with Gasteiger partial charge in [-0.3, -0.25) is 9.88 Å². The number of morpholine rings is 1. The van der Waals surface area contributed by atoms with Crippen molar-refractivity contribution >= 4 is 11.7 Å². The Morgan fingerprint density at radius 1 is 1.48 bits per heavy atom. The topological polar surface area (TPSA) is 74.7 Å². The summed E-state index contributed by atoms with van der Waals surface area (Å²) in [7, 11) is 0. The van der Waals surface area contributed by atoms with Crippen LogP contribution >= 0.6 is 0 Å². The van der Waals surface area contributed by atoms with Crippen molar-refractivity contribution in [2.75, 3.05) is 38.2 Å². The third-order valence-corrected chi connectivity index (χ3v) is 3.58. The van der Waals surface area contributed by atoms with Crippen LogP contribution in [0.1, 0.15) is 28.7 Å². The summed E-state index contributed by atoms with van der Waals surface area (Å²) in [6.45, 7) is 9.90. The van der Waals surface area contributed by atoms with Crippen LogP contribution in [0, 0.1) is 13.8 Å². The van der Waals surface area contributed by atoms with E-state index < -0.39 is 5.97 Å². The maximum atomic E-state index is 11.4. The number of carboxylic acids is 1. The normalized spacial score (nSPS) is 17.5. The number of hydrogen-bond donors (Lipinski definition) is 2. The van der Waals surface area contributed by atoms with Gasteiger partial charge in [-0.05, 0) is 26.8 Å². The molecule has 0 amide bonds. The molecule has 0 bridgehead atoms. The molecule has 1 aliphatic heterocycles. The smallest absolute Gasteiger partial charge is 0.339 e. The molecule has 1 unspecified atom stereocenters.